The lowest BCUT2D eigenvalue weighted by atomic mass is 10.2. The van der Waals surface area contributed by atoms with Gasteiger partial charge in [-0.15, -0.1) is 11.3 Å². The van der Waals surface area contributed by atoms with Crippen LogP contribution in [0.1, 0.15) is 42.3 Å². The van der Waals surface area contributed by atoms with E-state index < -0.39 is 0 Å². The Morgan fingerprint density at radius 3 is 2.63 bits per heavy atom. The Bertz CT molecular complexity index is 370. The molecule has 0 atom stereocenters. The summed E-state index contributed by atoms with van der Waals surface area (Å²) in [6, 6.07) is 3.87. The quantitative estimate of drug-likeness (QED) is 0.748. The minimum absolute atomic E-state index is 0.209. The molecule has 4 heteroatoms. The minimum atomic E-state index is 0.209. The largest absolute Gasteiger partial charge is 0.335 e. The van der Waals surface area contributed by atoms with Gasteiger partial charge < -0.3 is 4.90 Å². The molecule has 2 heterocycles. The van der Waals surface area contributed by atoms with Gasteiger partial charge in [-0.2, -0.15) is 0 Å². The fourth-order valence-electron chi connectivity index (χ4n) is 2.49. The second kappa shape index (κ2) is 7.65. The van der Waals surface area contributed by atoms with Gasteiger partial charge in [0, 0.05) is 26.2 Å². The number of thiophene rings is 1. The number of carbonyl (C=O) groups excluding carboxylic acids is 1. The Morgan fingerprint density at radius 2 is 2.00 bits per heavy atom. The van der Waals surface area contributed by atoms with Gasteiger partial charge in [0.25, 0.3) is 5.91 Å². The lowest BCUT2D eigenvalue weighted by Crippen LogP contribution is -2.48. The van der Waals surface area contributed by atoms with Gasteiger partial charge in [-0.05, 0) is 24.4 Å². The molecule has 0 bridgehead atoms. The van der Waals surface area contributed by atoms with Crippen molar-refractivity contribution in [3.8, 4) is 0 Å². The van der Waals surface area contributed by atoms with Gasteiger partial charge in [-0.3, -0.25) is 9.69 Å². The summed E-state index contributed by atoms with van der Waals surface area (Å²) < 4.78 is 0. The van der Waals surface area contributed by atoms with Crippen LogP contribution >= 0.6 is 11.3 Å². The van der Waals surface area contributed by atoms with Crippen LogP contribution in [0.15, 0.2) is 17.5 Å². The number of piperazine rings is 1. The first-order chi connectivity index (χ1) is 9.31. The Kier molecular flexibility index (Phi) is 5.86. The number of nitrogens with zero attached hydrogens (tertiary/aromatic N) is 2. The van der Waals surface area contributed by atoms with Gasteiger partial charge in [0.1, 0.15) is 0 Å². The van der Waals surface area contributed by atoms with E-state index in [1.54, 1.807) is 11.3 Å². The van der Waals surface area contributed by atoms with Crippen molar-refractivity contribution in [2.24, 2.45) is 0 Å². The summed E-state index contributed by atoms with van der Waals surface area (Å²) in [6.07, 6.45) is 5.28. The molecule has 1 aromatic heterocycles. The molecule has 0 spiro atoms. The minimum Gasteiger partial charge on any atom is -0.335 e. The zero-order chi connectivity index (χ0) is 13.5. The number of hydrogen-bond acceptors (Lipinski definition) is 3. The van der Waals surface area contributed by atoms with Crippen LogP contribution < -0.4 is 0 Å². The predicted molar refractivity (Wildman–Crippen MR) is 80.8 cm³/mol. The summed E-state index contributed by atoms with van der Waals surface area (Å²) in [5.41, 5.74) is 0. The van der Waals surface area contributed by atoms with Crippen molar-refractivity contribution in [3.05, 3.63) is 22.4 Å². The van der Waals surface area contributed by atoms with E-state index in [4.69, 9.17) is 0 Å². The molecule has 106 valence electrons. The SMILES string of the molecule is CCCCCCN1CCN(C(=O)c2cccs2)CC1. The molecule has 1 aliphatic rings. The maximum atomic E-state index is 12.2. The second-order valence-corrected chi connectivity index (χ2v) is 6.12. The molecule has 0 saturated carbocycles. The lowest BCUT2D eigenvalue weighted by Gasteiger charge is -2.34. The molecule has 0 radical (unpaired) electrons. The van der Waals surface area contributed by atoms with Gasteiger partial charge in [0.15, 0.2) is 0 Å². The van der Waals surface area contributed by atoms with E-state index in [2.05, 4.69) is 11.8 Å². The van der Waals surface area contributed by atoms with Crippen LogP contribution in [0.5, 0.6) is 0 Å². The van der Waals surface area contributed by atoms with Gasteiger partial charge in [0.2, 0.25) is 0 Å². The molecule has 2 rings (SSSR count). The number of amides is 1. The van der Waals surface area contributed by atoms with E-state index >= 15 is 0 Å². The number of carbonyl (C=O) groups is 1. The first kappa shape index (κ1) is 14.5. The standard InChI is InChI=1S/C15H24N2OS/c1-2-3-4-5-8-16-9-11-17(12-10-16)15(18)14-7-6-13-19-14/h6-7,13H,2-5,8-12H2,1H3. The monoisotopic (exact) mass is 280 g/mol. The molecule has 3 nitrogen and oxygen atoms in total. The Balaban J connectivity index is 1.69. The normalized spacial score (nSPS) is 16.8. The topological polar surface area (TPSA) is 23.6 Å². The highest BCUT2D eigenvalue weighted by Crippen LogP contribution is 2.14. The van der Waals surface area contributed by atoms with Crippen LogP contribution in [-0.4, -0.2) is 48.4 Å². The summed E-state index contributed by atoms with van der Waals surface area (Å²) in [5, 5.41) is 1.97. The molecule has 1 aromatic rings. The summed E-state index contributed by atoms with van der Waals surface area (Å²) >= 11 is 1.54. The van der Waals surface area contributed by atoms with Crippen LogP contribution in [0.3, 0.4) is 0 Å². The zero-order valence-electron chi connectivity index (χ0n) is 11.8. The second-order valence-electron chi connectivity index (χ2n) is 5.17. The van der Waals surface area contributed by atoms with Gasteiger partial charge >= 0.3 is 0 Å². The molecular formula is C15H24N2OS. The lowest BCUT2D eigenvalue weighted by molar-refractivity contribution is 0.0640. The van der Waals surface area contributed by atoms with Gasteiger partial charge in [0.05, 0.1) is 4.88 Å². The number of unbranched alkanes of at least 4 members (excludes halogenated alkanes) is 3. The number of hydrogen-bond donors (Lipinski definition) is 0. The van der Waals surface area contributed by atoms with E-state index in [-0.39, 0.29) is 5.91 Å². The first-order valence-electron chi connectivity index (χ1n) is 7.36. The van der Waals surface area contributed by atoms with E-state index in [0.717, 1.165) is 31.1 Å². The van der Waals surface area contributed by atoms with E-state index in [0.29, 0.717) is 0 Å². The Morgan fingerprint density at radius 1 is 1.21 bits per heavy atom. The molecular weight excluding hydrogens is 256 g/mol. The Labute approximate surface area is 120 Å². The highest BCUT2D eigenvalue weighted by atomic mass is 32.1. The molecule has 0 aromatic carbocycles. The molecule has 0 N–H and O–H groups in total. The predicted octanol–water partition coefficient (Wildman–Crippen LogP) is 3.09. The van der Waals surface area contributed by atoms with Crippen LogP contribution in [0.25, 0.3) is 0 Å². The van der Waals surface area contributed by atoms with E-state index in [1.165, 1.54) is 32.2 Å². The van der Waals surface area contributed by atoms with Crippen LogP contribution in [0.2, 0.25) is 0 Å². The van der Waals surface area contributed by atoms with Gasteiger partial charge in [-0.1, -0.05) is 32.3 Å². The maximum absolute atomic E-state index is 12.2. The van der Waals surface area contributed by atoms with Crippen LogP contribution in [-0.2, 0) is 0 Å². The van der Waals surface area contributed by atoms with Crippen LogP contribution in [0, 0.1) is 0 Å². The molecule has 1 fully saturated rings. The summed E-state index contributed by atoms with van der Waals surface area (Å²) in [7, 11) is 0. The van der Waals surface area contributed by atoms with Crippen molar-refractivity contribution in [3.63, 3.8) is 0 Å². The van der Waals surface area contributed by atoms with Crippen molar-refractivity contribution in [2.75, 3.05) is 32.7 Å². The van der Waals surface area contributed by atoms with Crippen molar-refractivity contribution < 1.29 is 4.79 Å². The molecule has 1 amide bonds. The molecule has 1 aliphatic heterocycles. The maximum Gasteiger partial charge on any atom is 0.264 e. The molecule has 0 aliphatic carbocycles. The molecule has 0 unspecified atom stereocenters. The first-order valence-corrected chi connectivity index (χ1v) is 8.24. The smallest absolute Gasteiger partial charge is 0.264 e. The van der Waals surface area contributed by atoms with Crippen molar-refractivity contribution in [1.29, 1.82) is 0 Å². The third kappa shape index (κ3) is 4.32. The third-order valence-electron chi connectivity index (χ3n) is 3.72. The summed E-state index contributed by atoms with van der Waals surface area (Å²) in [6.45, 7) is 7.26. The van der Waals surface area contributed by atoms with E-state index in [1.807, 2.05) is 22.4 Å². The number of rotatable bonds is 6. The van der Waals surface area contributed by atoms with Crippen molar-refractivity contribution in [2.45, 2.75) is 32.6 Å². The third-order valence-corrected chi connectivity index (χ3v) is 4.58. The summed E-state index contributed by atoms with van der Waals surface area (Å²) in [5.74, 6) is 0.209. The average Bonchev–Trinajstić information content (AvgIpc) is 2.98. The highest BCUT2D eigenvalue weighted by Gasteiger charge is 2.22. The van der Waals surface area contributed by atoms with Crippen LogP contribution in [0.4, 0.5) is 0 Å². The Hall–Kier alpha value is -0.870. The van der Waals surface area contributed by atoms with E-state index in [9.17, 15) is 4.79 Å². The fourth-order valence-corrected chi connectivity index (χ4v) is 3.18. The van der Waals surface area contributed by atoms with Gasteiger partial charge in [-0.25, -0.2) is 0 Å². The van der Waals surface area contributed by atoms with Crippen molar-refractivity contribution in [1.82, 2.24) is 9.80 Å². The highest BCUT2D eigenvalue weighted by molar-refractivity contribution is 7.12. The summed E-state index contributed by atoms with van der Waals surface area (Å²) in [4.78, 5) is 17.5. The van der Waals surface area contributed by atoms with Crippen molar-refractivity contribution >= 4 is 17.2 Å². The zero-order valence-corrected chi connectivity index (χ0v) is 12.6. The molecule has 1 saturated heterocycles. The average molecular weight is 280 g/mol. The fraction of sp³-hybridized carbons (Fsp3) is 0.667. The molecule has 19 heavy (non-hydrogen) atoms.